The van der Waals surface area contributed by atoms with E-state index >= 15 is 38.4 Å². The van der Waals surface area contributed by atoms with Crippen LogP contribution in [0.2, 0.25) is 5.04 Å². The molecule has 1 fully saturated rings. The minimum absolute atomic E-state index is 0.0211. The van der Waals surface area contributed by atoms with Crippen molar-refractivity contribution in [2.75, 3.05) is 55.9 Å². The number of ether oxygens (including phenoxy) is 1. The number of Topliss-reactive ketones (excluding diaryl/α,β-unsaturated/α-hetero) is 3. The Kier molecular flexibility index (Phi) is 37.5. The molecular weight excluding hydrogens is 1390 g/mol. The zero-order valence-corrected chi connectivity index (χ0v) is 72.0. The number of nitrogens with zero attached hydrogens (tertiary/aromatic N) is 7. The lowest BCUT2D eigenvalue weighted by atomic mass is 9.82. The number of benzene rings is 2. The van der Waals surface area contributed by atoms with E-state index in [-0.39, 0.29) is 85.7 Å². The number of esters is 1. The average Bonchev–Trinajstić information content (AvgIpc) is 0.749. The van der Waals surface area contributed by atoms with E-state index < -0.39 is 163 Å². The maximum atomic E-state index is 15.7. The van der Waals surface area contributed by atoms with Gasteiger partial charge in [0.2, 0.25) is 47.3 Å². The van der Waals surface area contributed by atoms with E-state index in [0.717, 1.165) is 15.3 Å². The van der Waals surface area contributed by atoms with Crippen molar-refractivity contribution in [1.29, 1.82) is 0 Å². The minimum atomic E-state index is -3.02. The van der Waals surface area contributed by atoms with Gasteiger partial charge >= 0.3 is 5.97 Å². The van der Waals surface area contributed by atoms with Gasteiger partial charge in [0, 0.05) is 99.9 Å². The first-order valence-electron chi connectivity index (χ1n) is 39.5. The number of amides is 8. The van der Waals surface area contributed by atoms with Crippen molar-refractivity contribution in [3.8, 4) is 0 Å². The predicted octanol–water partition coefficient (Wildman–Crippen LogP) is 10.4. The summed E-state index contributed by atoms with van der Waals surface area (Å²) in [5, 5.41) is 4.72. The van der Waals surface area contributed by atoms with Gasteiger partial charge in [0.25, 0.3) is 8.32 Å². The molecule has 1 heterocycles. The Morgan fingerprint density at radius 1 is 0.528 bits per heavy atom. The van der Waals surface area contributed by atoms with Crippen molar-refractivity contribution in [3.05, 3.63) is 72.8 Å². The van der Waals surface area contributed by atoms with Gasteiger partial charge in [-0.1, -0.05) is 197 Å². The molecule has 606 valence electrons. The maximum Gasteiger partial charge on any atom is 0.303 e. The third kappa shape index (κ3) is 24.5. The van der Waals surface area contributed by atoms with Crippen molar-refractivity contribution >= 4 is 89.3 Å². The quantitative estimate of drug-likeness (QED) is 0.0498. The highest BCUT2D eigenvalue weighted by Crippen LogP contribution is 2.38. The van der Waals surface area contributed by atoms with Gasteiger partial charge in [-0.15, -0.1) is 0 Å². The van der Waals surface area contributed by atoms with Gasteiger partial charge in [-0.3, -0.25) is 57.5 Å². The molecule has 0 saturated carbocycles. The van der Waals surface area contributed by atoms with Gasteiger partial charge < -0.3 is 48.8 Å². The monoisotopic (exact) mass is 1520 g/mol. The second kappa shape index (κ2) is 42.7. The van der Waals surface area contributed by atoms with Gasteiger partial charge in [0.15, 0.2) is 11.6 Å². The lowest BCUT2D eigenvalue weighted by Gasteiger charge is -2.43. The van der Waals surface area contributed by atoms with Crippen LogP contribution in [-0.2, 0) is 66.7 Å². The number of carbonyl (C=O) groups excluding carboxylic acids is 12. The van der Waals surface area contributed by atoms with Crippen LogP contribution in [0.4, 0.5) is 0 Å². The number of hydrogen-bond acceptors (Lipinski definition) is 14. The van der Waals surface area contributed by atoms with E-state index in [2.05, 4.69) is 50.4 Å². The van der Waals surface area contributed by atoms with Gasteiger partial charge in [-0.05, 0) is 116 Å². The van der Waals surface area contributed by atoms with Crippen LogP contribution in [0.3, 0.4) is 0 Å². The molecule has 1 aliphatic rings. The van der Waals surface area contributed by atoms with E-state index in [1.165, 1.54) is 85.5 Å². The summed E-state index contributed by atoms with van der Waals surface area (Å²) in [7, 11) is 7.28. The summed E-state index contributed by atoms with van der Waals surface area (Å²) in [4.78, 5) is 190. The SMILES string of the molecule is C/C=C/C[C@@H](C)[C@@H](OC(C)=O)[C@H]1C(=O)N[C@@H](CC)C(=O)N(C)[C@H](C)C(=O)N(C)C([C@H](C)CCCO[Si](c2ccccc2)(c2ccccc2)C(C)(C)C)C(=O)C[C@@H](C(C)C)C(=O)N(C)[C@@H](CC(C)C)C(=O)C[C@@H](C)C(=O)C[C@H](C)C(=O)N(C)[C@@H](CC(C)C)C(=O)N(C)[C@@H](CC(C)C)C(=O)N(C)[C@@H](C(C)C)C(=O)N1C. The Morgan fingerprint density at radius 2 is 0.981 bits per heavy atom. The van der Waals surface area contributed by atoms with E-state index in [1.54, 1.807) is 54.7 Å². The summed E-state index contributed by atoms with van der Waals surface area (Å²) in [5.41, 5.74) is 0. The summed E-state index contributed by atoms with van der Waals surface area (Å²) in [5.74, 6) is -12.6. The number of allylic oxidation sites excluding steroid dienone is 2. The van der Waals surface area contributed by atoms with Crippen LogP contribution >= 0.6 is 0 Å². The zero-order chi connectivity index (χ0) is 82.5. The Hall–Kier alpha value is -7.40. The number of rotatable bonds is 22. The molecule has 22 nitrogen and oxygen atoms in total. The number of likely N-dealkylation sites (N-methyl/N-ethyl adjacent to an activating group) is 7. The van der Waals surface area contributed by atoms with Crippen LogP contribution in [-0.4, -0.2) is 224 Å². The summed E-state index contributed by atoms with van der Waals surface area (Å²) in [6.07, 6.45) is 3.08. The molecule has 108 heavy (non-hydrogen) atoms. The molecule has 0 aromatic heterocycles. The molecule has 8 amide bonds. The molecule has 0 radical (unpaired) electrons. The van der Waals surface area contributed by atoms with Crippen LogP contribution in [0.5, 0.6) is 0 Å². The molecule has 1 unspecified atom stereocenters. The molecule has 14 atom stereocenters. The Bertz CT molecular complexity index is 3330. The summed E-state index contributed by atoms with van der Waals surface area (Å²) in [6, 6.07) is 10.4. The second-order valence-corrected chi connectivity index (χ2v) is 38.3. The Labute approximate surface area is 649 Å². The topological polar surface area (TPSA) is 258 Å². The van der Waals surface area contributed by atoms with Crippen molar-refractivity contribution in [2.24, 2.45) is 59.2 Å². The Morgan fingerprint density at radius 3 is 1.44 bits per heavy atom. The first kappa shape index (κ1) is 94.8. The molecule has 1 N–H and O–H groups in total. The predicted molar refractivity (Wildman–Crippen MR) is 429 cm³/mol. The highest BCUT2D eigenvalue weighted by atomic mass is 28.4. The fourth-order valence-electron chi connectivity index (χ4n) is 15.5. The van der Waals surface area contributed by atoms with Crippen molar-refractivity contribution in [1.82, 2.24) is 39.6 Å². The van der Waals surface area contributed by atoms with Gasteiger partial charge in [0.1, 0.15) is 48.1 Å². The normalized spacial score (nSPS) is 25.1. The first-order valence-corrected chi connectivity index (χ1v) is 41.4. The molecule has 1 saturated heterocycles. The zero-order valence-electron chi connectivity index (χ0n) is 71.0. The highest BCUT2D eigenvalue weighted by molar-refractivity contribution is 6.99. The molecule has 2 aromatic rings. The fourth-order valence-corrected chi connectivity index (χ4v) is 20.1. The number of nitrogens with one attached hydrogen (secondary N) is 1. The van der Waals surface area contributed by atoms with Gasteiger partial charge in [-0.25, -0.2) is 0 Å². The maximum absolute atomic E-state index is 15.7. The van der Waals surface area contributed by atoms with E-state index in [9.17, 15) is 19.2 Å². The molecule has 2 aromatic carbocycles. The largest absolute Gasteiger partial charge is 0.459 e. The third-order valence-corrected chi connectivity index (χ3v) is 27.1. The number of hydrogen-bond donors (Lipinski definition) is 1. The van der Waals surface area contributed by atoms with Crippen molar-refractivity contribution in [3.63, 3.8) is 0 Å². The highest BCUT2D eigenvalue weighted by Gasteiger charge is 2.51. The molecule has 0 bridgehead atoms. The standard InChI is InChI=1S/C85H138N8O14Si/c1-29-31-39-58(14)76(107-62(18)94)75-77(98)86-66(30-2)81(102)87(22)61(17)79(100)92(27)74(57(13)40-38-45-106-108(85(19,20)21,63-41-34-32-35-42-63)64-43-36-33-37-44-64)72(97)51-65(55(9)10)80(101)88(23)67(46-52(3)4)71(96)49-59(15)70(95)50-60(16)78(99)89(24)68(47-53(5)6)82(103)90(25)69(48-54(7)8)83(104)91(26)73(56(11)12)84(105)93(75)28/h29,31-37,41-44,52-61,65-69,73-76H,30,38-40,45-51H2,1-28H3,(H,86,98)/b31-29+/t57-,58-,59-,60+,61-,65+,66+,67+,68+,69+,73+,74?,75+,76-/m1/s1. The Balaban J connectivity index is 2.44. The minimum Gasteiger partial charge on any atom is -0.459 e. The lowest BCUT2D eigenvalue weighted by molar-refractivity contribution is -0.164. The van der Waals surface area contributed by atoms with Crippen LogP contribution in [0.15, 0.2) is 72.8 Å². The first-order chi connectivity index (χ1) is 50.2. The molecule has 0 aliphatic carbocycles. The summed E-state index contributed by atoms with van der Waals surface area (Å²) in [6.45, 7) is 38.5. The van der Waals surface area contributed by atoms with Gasteiger partial charge in [-0.2, -0.15) is 0 Å². The third-order valence-electron chi connectivity index (χ3n) is 22.1. The van der Waals surface area contributed by atoms with Crippen molar-refractivity contribution in [2.45, 2.75) is 269 Å². The fraction of sp³-hybridized carbons (Fsp3) is 0.694. The smallest absolute Gasteiger partial charge is 0.303 e. The average molecular weight is 1520 g/mol. The lowest BCUT2D eigenvalue weighted by Crippen LogP contribution is -2.66. The van der Waals surface area contributed by atoms with E-state index in [4.69, 9.17) is 9.16 Å². The molecule has 1 aliphatic heterocycles. The molecule has 0 spiro atoms. The molecule has 3 rings (SSSR count). The van der Waals surface area contributed by atoms with E-state index in [0.29, 0.717) is 19.4 Å². The van der Waals surface area contributed by atoms with Crippen LogP contribution in [0.25, 0.3) is 0 Å². The van der Waals surface area contributed by atoms with Crippen LogP contribution in [0, 0.1) is 59.2 Å². The summed E-state index contributed by atoms with van der Waals surface area (Å²) < 4.78 is 13.4. The number of carbonyl (C=O) groups is 12. The molecular formula is C85H138N8O14Si. The molecule has 23 heteroatoms. The van der Waals surface area contributed by atoms with Crippen LogP contribution in [0.1, 0.15) is 210 Å². The van der Waals surface area contributed by atoms with Crippen molar-refractivity contribution < 1.29 is 66.7 Å². The van der Waals surface area contributed by atoms with Gasteiger partial charge in [0.05, 0.1) is 12.1 Å². The van der Waals surface area contributed by atoms with E-state index in [1.807, 2.05) is 112 Å². The summed E-state index contributed by atoms with van der Waals surface area (Å²) >= 11 is 0. The van der Waals surface area contributed by atoms with Crippen LogP contribution < -0.4 is 15.7 Å². The number of ketones is 3. The second-order valence-electron chi connectivity index (χ2n) is 34.0.